The first-order chi connectivity index (χ1) is 9.97. The number of nitrogens with zero attached hydrogens (tertiary/aromatic N) is 3. The van der Waals surface area contributed by atoms with Crippen molar-refractivity contribution in [1.82, 2.24) is 25.3 Å². The van der Waals surface area contributed by atoms with Crippen LogP contribution in [-0.4, -0.2) is 38.8 Å². The summed E-state index contributed by atoms with van der Waals surface area (Å²) in [5.74, 6) is -0.829. The highest BCUT2D eigenvalue weighted by Gasteiger charge is 2.21. The van der Waals surface area contributed by atoms with E-state index in [9.17, 15) is 9.59 Å². The van der Waals surface area contributed by atoms with E-state index in [-0.39, 0.29) is 17.3 Å². The number of aromatic amines is 1. The summed E-state index contributed by atoms with van der Waals surface area (Å²) >= 11 is 6.45. The Morgan fingerprint density at radius 2 is 2.05 bits per heavy atom. The second-order valence-corrected chi connectivity index (χ2v) is 5.57. The van der Waals surface area contributed by atoms with E-state index < -0.39 is 5.91 Å². The van der Waals surface area contributed by atoms with Crippen molar-refractivity contribution in [1.29, 1.82) is 0 Å². The highest BCUT2D eigenvalue weighted by Crippen LogP contribution is 2.25. The van der Waals surface area contributed by atoms with Crippen LogP contribution in [-0.2, 0) is 6.54 Å². The third kappa shape index (κ3) is 3.16. The van der Waals surface area contributed by atoms with E-state index in [1.165, 1.54) is 7.05 Å². The minimum atomic E-state index is -0.454. The highest BCUT2D eigenvalue weighted by molar-refractivity contribution is 9.13. The first-order valence-electron chi connectivity index (χ1n) is 5.98. The average Bonchev–Trinajstić information content (AvgIpc) is 3.03. The summed E-state index contributed by atoms with van der Waals surface area (Å²) in [6, 6.07) is 0. The molecule has 0 spiro atoms. The molecule has 21 heavy (non-hydrogen) atoms. The SMILES string of the molecule is CCn1cc(NC(=O)c2n[nH]c(Br)c2Br)c(C(=O)NC)n1. The van der Waals surface area contributed by atoms with Crippen molar-refractivity contribution in [2.75, 3.05) is 12.4 Å². The van der Waals surface area contributed by atoms with Gasteiger partial charge in [-0.15, -0.1) is 0 Å². The quantitative estimate of drug-likeness (QED) is 0.702. The summed E-state index contributed by atoms with van der Waals surface area (Å²) in [5, 5.41) is 15.7. The lowest BCUT2D eigenvalue weighted by atomic mass is 10.3. The van der Waals surface area contributed by atoms with Gasteiger partial charge in [0, 0.05) is 19.8 Å². The fourth-order valence-corrected chi connectivity index (χ4v) is 2.23. The standard InChI is InChI=1S/C11H12Br2N6O2/c1-3-19-4-5(7(18-19)10(20)14-2)15-11(21)8-6(12)9(13)17-16-8/h4H,3H2,1-2H3,(H,14,20)(H,15,21)(H,16,17). The molecular weight excluding hydrogens is 408 g/mol. The molecule has 2 aromatic heterocycles. The van der Waals surface area contributed by atoms with Gasteiger partial charge in [0.1, 0.15) is 4.60 Å². The number of aryl methyl sites for hydroxylation is 1. The van der Waals surface area contributed by atoms with Crippen molar-refractivity contribution in [2.24, 2.45) is 0 Å². The molecule has 112 valence electrons. The van der Waals surface area contributed by atoms with Crippen molar-refractivity contribution in [3.05, 3.63) is 26.7 Å². The molecule has 8 nitrogen and oxygen atoms in total. The van der Waals surface area contributed by atoms with Crippen LogP contribution < -0.4 is 10.6 Å². The second kappa shape index (κ2) is 6.39. The van der Waals surface area contributed by atoms with Gasteiger partial charge in [-0.1, -0.05) is 0 Å². The van der Waals surface area contributed by atoms with Crippen molar-refractivity contribution >= 4 is 49.4 Å². The molecule has 2 rings (SSSR count). The van der Waals surface area contributed by atoms with E-state index in [1.54, 1.807) is 10.9 Å². The highest BCUT2D eigenvalue weighted by atomic mass is 79.9. The van der Waals surface area contributed by atoms with Crippen LogP contribution >= 0.6 is 31.9 Å². The number of hydrogen-bond acceptors (Lipinski definition) is 4. The van der Waals surface area contributed by atoms with Gasteiger partial charge < -0.3 is 10.6 Å². The first kappa shape index (κ1) is 15.7. The summed E-state index contributed by atoms with van der Waals surface area (Å²) in [5.41, 5.74) is 0.652. The van der Waals surface area contributed by atoms with Crippen molar-refractivity contribution in [3.63, 3.8) is 0 Å². The average molecular weight is 420 g/mol. The van der Waals surface area contributed by atoms with Gasteiger partial charge >= 0.3 is 0 Å². The zero-order valence-electron chi connectivity index (χ0n) is 11.2. The summed E-state index contributed by atoms with van der Waals surface area (Å²) in [4.78, 5) is 24.0. The number of carbonyl (C=O) groups is 2. The van der Waals surface area contributed by atoms with Crippen LogP contribution in [0.1, 0.15) is 27.9 Å². The monoisotopic (exact) mass is 418 g/mol. The molecule has 0 aliphatic rings. The lowest BCUT2D eigenvalue weighted by Gasteiger charge is -2.02. The number of aromatic nitrogens is 4. The smallest absolute Gasteiger partial charge is 0.277 e. The normalized spacial score (nSPS) is 10.5. The molecule has 2 heterocycles. The van der Waals surface area contributed by atoms with E-state index in [4.69, 9.17) is 0 Å². The molecule has 0 aromatic carbocycles. The lowest BCUT2D eigenvalue weighted by molar-refractivity contribution is 0.0958. The molecule has 0 radical (unpaired) electrons. The molecule has 10 heteroatoms. The maximum Gasteiger partial charge on any atom is 0.277 e. The largest absolute Gasteiger partial charge is 0.354 e. The van der Waals surface area contributed by atoms with Crippen LogP contribution in [0.2, 0.25) is 0 Å². The van der Waals surface area contributed by atoms with Gasteiger partial charge in [-0.05, 0) is 38.8 Å². The lowest BCUT2D eigenvalue weighted by Crippen LogP contribution is -2.21. The van der Waals surface area contributed by atoms with E-state index in [0.29, 0.717) is 21.3 Å². The Hall–Kier alpha value is -1.68. The molecule has 0 bridgehead atoms. The fraction of sp³-hybridized carbons (Fsp3) is 0.273. The Morgan fingerprint density at radius 1 is 1.33 bits per heavy atom. The van der Waals surface area contributed by atoms with Crippen LogP contribution in [0.15, 0.2) is 15.3 Å². The number of nitrogens with one attached hydrogen (secondary N) is 3. The topological polar surface area (TPSA) is 105 Å². The molecule has 0 aliphatic heterocycles. The molecule has 2 amide bonds. The third-order valence-electron chi connectivity index (χ3n) is 2.66. The minimum absolute atomic E-state index is 0.151. The molecule has 0 aliphatic carbocycles. The van der Waals surface area contributed by atoms with Crippen molar-refractivity contribution in [3.8, 4) is 0 Å². The number of hydrogen-bond donors (Lipinski definition) is 3. The van der Waals surface area contributed by atoms with E-state index in [1.807, 2.05) is 6.92 Å². The van der Waals surface area contributed by atoms with Gasteiger partial charge in [-0.3, -0.25) is 19.4 Å². The van der Waals surface area contributed by atoms with E-state index in [2.05, 4.69) is 57.8 Å². The zero-order valence-corrected chi connectivity index (χ0v) is 14.4. The number of H-pyrrole nitrogens is 1. The van der Waals surface area contributed by atoms with Gasteiger partial charge in [0.05, 0.1) is 10.2 Å². The minimum Gasteiger partial charge on any atom is -0.354 e. The number of carbonyl (C=O) groups excluding carboxylic acids is 2. The molecule has 0 saturated carbocycles. The predicted molar refractivity (Wildman–Crippen MR) is 83.2 cm³/mol. The van der Waals surface area contributed by atoms with Gasteiger partial charge in [0.25, 0.3) is 11.8 Å². The number of amides is 2. The number of anilines is 1. The molecule has 0 saturated heterocycles. The number of rotatable bonds is 4. The van der Waals surface area contributed by atoms with Crippen LogP contribution in [0.5, 0.6) is 0 Å². The Bertz CT molecular complexity index is 693. The maximum atomic E-state index is 12.2. The first-order valence-corrected chi connectivity index (χ1v) is 7.56. The molecular formula is C11H12Br2N6O2. The van der Waals surface area contributed by atoms with E-state index >= 15 is 0 Å². The van der Waals surface area contributed by atoms with Crippen LogP contribution in [0.3, 0.4) is 0 Å². The van der Waals surface area contributed by atoms with E-state index in [0.717, 1.165) is 0 Å². The van der Waals surface area contributed by atoms with Gasteiger partial charge in [0.2, 0.25) is 0 Å². The zero-order chi connectivity index (χ0) is 15.6. The van der Waals surface area contributed by atoms with Crippen molar-refractivity contribution < 1.29 is 9.59 Å². The number of halogens is 2. The Kier molecular flexibility index (Phi) is 4.78. The molecule has 2 aromatic rings. The summed E-state index contributed by atoms with van der Waals surface area (Å²) in [7, 11) is 1.50. The molecule has 0 fully saturated rings. The van der Waals surface area contributed by atoms with Gasteiger partial charge in [-0.25, -0.2) is 0 Å². The predicted octanol–water partition coefficient (Wildman–Crippen LogP) is 1.76. The summed E-state index contributed by atoms with van der Waals surface area (Å²) < 4.78 is 2.63. The summed E-state index contributed by atoms with van der Waals surface area (Å²) in [6.45, 7) is 2.46. The summed E-state index contributed by atoms with van der Waals surface area (Å²) in [6.07, 6.45) is 1.60. The Balaban J connectivity index is 2.30. The van der Waals surface area contributed by atoms with Gasteiger partial charge in [-0.2, -0.15) is 10.2 Å². The Labute approximate surface area is 136 Å². The third-order valence-corrected chi connectivity index (χ3v) is 4.54. The van der Waals surface area contributed by atoms with Crippen LogP contribution in [0.25, 0.3) is 0 Å². The van der Waals surface area contributed by atoms with Crippen molar-refractivity contribution in [2.45, 2.75) is 13.5 Å². The molecule has 3 N–H and O–H groups in total. The van der Waals surface area contributed by atoms with Crippen LogP contribution in [0.4, 0.5) is 5.69 Å². The maximum absolute atomic E-state index is 12.2. The molecule has 0 atom stereocenters. The second-order valence-electron chi connectivity index (χ2n) is 3.98. The molecule has 0 unspecified atom stereocenters. The van der Waals surface area contributed by atoms with Gasteiger partial charge in [0.15, 0.2) is 11.4 Å². The fourth-order valence-electron chi connectivity index (χ4n) is 1.60. The Morgan fingerprint density at radius 3 is 2.57 bits per heavy atom. The van der Waals surface area contributed by atoms with Crippen LogP contribution in [0, 0.1) is 0 Å².